The number of carbonyl (C=O) groups is 3. The van der Waals surface area contributed by atoms with Crippen molar-refractivity contribution in [2.24, 2.45) is 0 Å². The number of non-ortho nitro benzene ring substituents is 1. The molecule has 2 aromatic carbocycles. The highest BCUT2D eigenvalue weighted by Crippen LogP contribution is 2.39. The number of aryl methyl sites for hydroxylation is 1. The van der Waals surface area contributed by atoms with Gasteiger partial charge in [0.15, 0.2) is 0 Å². The molecule has 0 spiro atoms. The number of nitro benzene ring substituents is 1. The third kappa shape index (κ3) is 5.25. The van der Waals surface area contributed by atoms with Crippen LogP contribution in [-0.4, -0.2) is 44.2 Å². The minimum atomic E-state index is -0.891. The zero-order chi connectivity index (χ0) is 24.1. The van der Waals surface area contributed by atoms with Crippen LogP contribution in [0.5, 0.6) is 0 Å². The van der Waals surface area contributed by atoms with Gasteiger partial charge in [0.05, 0.1) is 16.5 Å². The van der Waals surface area contributed by atoms with Crippen LogP contribution in [0.2, 0.25) is 0 Å². The van der Waals surface area contributed by atoms with Crippen LogP contribution in [0.25, 0.3) is 5.76 Å². The minimum Gasteiger partial charge on any atom is -0.507 e. The lowest BCUT2D eigenvalue weighted by Gasteiger charge is -2.25. The van der Waals surface area contributed by atoms with Gasteiger partial charge in [-0.05, 0) is 37.5 Å². The third-order valence-corrected chi connectivity index (χ3v) is 5.57. The highest BCUT2D eigenvalue weighted by Gasteiger charge is 2.45. The first-order valence-corrected chi connectivity index (χ1v) is 10.5. The van der Waals surface area contributed by atoms with Crippen molar-refractivity contribution in [2.45, 2.75) is 38.6 Å². The van der Waals surface area contributed by atoms with Crippen LogP contribution in [0.4, 0.5) is 5.69 Å². The van der Waals surface area contributed by atoms with Gasteiger partial charge in [-0.3, -0.25) is 24.5 Å². The molecule has 1 atom stereocenters. The Hall–Kier alpha value is -4.01. The van der Waals surface area contributed by atoms with E-state index in [1.807, 2.05) is 19.1 Å². The fourth-order valence-electron chi connectivity index (χ4n) is 3.84. The van der Waals surface area contributed by atoms with E-state index in [4.69, 9.17) is 5.11 Å². The molecule has 0 aromatic heterocycles. The zero-order valence-electron chi connectivity index (χ0n) is 18.1. The Morgan fingerprint density at radius 2 is 1.64 bits per heavy atom. The maximum atomic E-state index is 12.9. The molecule has 0 aliphatic carbocycles. The summed E-state index contributed by atoms with van der Waals surface area (Å²) in [7, 11) is 0. The first-order valence-electron chi connectivity index (χ1n) is 10.5. The summed E-state index contributed by atoms with van der Waals surface area (Å²) < 4.78 is 0. The molecule has 1 heterocycles. The van der Waals surface area contributed by atoms with Crippen molar-refractivity contribution in [2.75, 3.05) is 6.54 Å². The molecule has 0 bridgehead atoms. The first-order chi connectivity index (χ1) is 15.7. The van der Waals surface area contributed by atoms with Crippen LogP contribution in [0.15, 0.2) is 54.1 Å². The normalized spacial score (nSPS) is 17.4. The number of aliphatic hydroxyl groups is 1. The molecule has 0 saturated carbocycles. The van der Waals surface area contributed by atoms with Gasteiger partial charge in [-0.25, -0.2) is 0 Å². The fourth-order valence-corrected chi connectivity index (χ4v) is 3.84. The third-order valence-electron chi connectivity index (χ3n) is 5.57. The Bertz CT molecular complexity index is 1100. The summed E-state index contributed by atoms with van der Waals surface area (Å²) in [6.45, 7) is 2.12. The van der Waals surface area contributed by atoms with E-state index in [2.05, 4.69) is 0 Å². The fraction of sp³-hybridized carbons (Fsp3) is 0.292. The summed E-state index contributed by atoms with van der Waals surface area (Å²) in [6.07, 6.45) is 1.55. The van der Waals surface area contributed by atoms with E-state index in [0.29, 0.717) is 24.8 Å². The maximum absolute atomic E-state index is 12.9. The average Bonchev–Trinajstić information content (AvgIpc) is 3.03. The van der Waals surface area contributed by atoms with E-state index in [1.165, 1.54) is 29.2 Å². The summed E-state index contributed by atoms with van der Waals surface area (Å²) >= 11 is 0. The van der Waals surface area contributed by atoms with Gasteiger partial charge in [0.25, 0.3) is 17.4 Å². The Morgan fingerprint density at radius 3 is 2.21 bits per heavy atom. The Kier molecular flexibility index (Phi) is 7.22. The largest absolute Gasteiger partial charge is 0.507 e. The van der Waals surface area contributed by atoms with E-state index < -0.39 is 34.4 Å². The van der Waals surface area contributed by atoms with E-state index >= 15 is 0 Å². The number of carboxylic acids is 1. The predicted octanol–water partition coefficient (Wildman–Crippen LogP) is 3.97. The SMILES string of the molecule is Cc1ccc(C2C(=C(O)c3ccc([N+](=O)[O-])cc3)C(=O)C(=O)N2CCCCCC(=O)O)cc1. The van der Waals surface area contributed by atoms with Gasteiger partial charge in [-0.1, -0.05) is 36.2 Å². The van der Waals surface area contributed by atoms with E-state index in [9.17, 15) is 29.6 Å². The quantitative estimate of drug-likeness (QED) is 0.147. The molecular formula is C24H24N2O7. The number of carboxylic acid groups (broad SMARTS) is 1. The van der Waals surface area contributed by atoms with Crippen molar-refractivity contribution in [1.29, 1.82) is 0 Å². The highest BCUT2D eigenvalue weighted by molar-refractivity contribution is 6.46. The minimum absolute atomic E-state index is 0.0281. The number of nitro groups is 1. The Labute approximate surface area is 190 Å². The molecular weight excluding hydrogens is 428 g/mol. The smallest absolute Gasteiger partial charge is 0.303 e. The van der Waals surface area contributed by atoms with Crippen LogP contribution < -0.4 is 0 Å². The van der Waals surface area contributed by atoms with Crippen LogP contribution in [0, 0.1) is 17.0 Å². The number of unbranched alkanes of at least 4 members (excludes halogenated alkanes) is 2. The molecule has 9 heteroatoms. The van der Waals surface area contributed by atoms with Gasteiger partial charge in [0, 0.05) is 30.7 Å². The van der Waals surface area contributed by atoms with E-state index in [-0.39, 0.29) is 29.8 Å². The Balaban J connectivity index is 1.97. The summed E-state index contributed by atoms with van der Waals surface area (Å²) in [5.41, 5.74) is 1.58. The number of amides is 1. The molecule has 0 radical (unpaired) electrons. The number of hydrogen-bond donors (Lipinski definition) is 2. The van der Waals surface area contributed by atoms with Crippen LogP contribution in [0.1, 0.15) is 48.4 Å². The monoisotopic (exact) mass is 452 g/mol. The molecule has 1 unspecified atom stereocenters. The number of carbonyl (C=O) groups excluding carboxylic acids is 2. The van der Waals surface area contributed by atoms with Gasteiger partial charge in [-0.2, -0.15) is 0 Å². The molecule has 2 aromatic rings. The van der Waals surface area contributed by atoms with Crippen molar-refractivity contribution in [3.63, 3.8) is 0 Å². The molecule has 3 rings (SSSR count). The molecule has 9 nitrogen and oxygen atoms in total. The van der Waals surface area contributed by atoms with Crippen LogP contribution in [-0.2, 0) is 14.4 Å². The second-order valence-corrected chi connectivity index (χ2v) is 7.91. The molecule has 1 fully saturated rings. The van der Waals surface area contributed by atoms with Crippen molar-refractivity contribution in [1.82, 2.24) is 4.90 Å². The lowest BCUT2D eigenvalue weighted by atomic mass is 9.94. The van der Waals surface area contributed by atoms with Gasteiger partial charge >= 0.3 is 5.97 Å². The standard InChI is InChI=1S/C24H24N2O7/c1-15-6-8-16(9-7-15)21-20(22(29)17-10-12-18(13-11-17)26(32)33)23(30)24(31)25(21)14-4-2-3-5-19(27)28/h6-13,21,29H,2-5,14H2,1H3,(H,27,28). The lowest BCUT2D eigenvalue weighted by Crippen LogP contribution is -2.30. The number of nitrogens with zero attached hydrogens (tertiary/aromatic N) is 2. The number of aliphatic carboxylic acids is 1. The number of benzene rings is 2. The van der Waals surface area contributed by atoms with Crippen molar-refractivity contribution >= 4 is 29.1 Å². The molecule has 1 aliphatic heterocycles. The van der Waals surface area contributed by atoms with Crippen LogP contribution >= 0.6 is 0 Å². The first kappa shape index (κ1) is 23.6. The van der Waals surface area contributed by atoms with Crippen molar-refractivity contribution in [3.8, 4) is 0 Å². The summed E-state index contributed by atoms with van der Waals surface area (Å²) in [4.78, 5) is 48.3. The van der Waals surface area contributed by atoms with Gasteiger partial charge < -0.3 is 15.1 Å². The predicted molar refractivity (Wildman–Crippen MR) is 119 cm³/mol. The number of likely N-dealkylation sites (tertiary alicyclic amines) is 1. The molecule has 33 heavy (non-hydrogen) atoms. The zero-order valence-corrected chi connectivity index (χ0v) is 18.1. The average molecular weight is 452 g/mol. The van der Waals surface area contributed by atoms with E-state index in [1.54, 1.807) is 12.1 Å². The lowest BCUT2D eigenvalue weighted by molar-refractivity contribution is -0.384. The van der Waals surface area contributed by atoms with Crippen molar-refractivity contribution < 1.29 is 29.5 Å². The molecule has 2 N–H and O–H groups in total. The van der Waals surface area contributed by atoms with Gasteiger partial charge in [-0.15, -0.1) is 0 Å². The topological polar surface area (TPSA) is 138 Å². The summed E-state index contributed by atoms with van der Waals surface area (Å²) in [5.74, 6) is -2.87. The van der Waals surface area contributed by atoms with Gasteiger partial charge in [0.1, 0.15) is 5.76 Å². The van der Waals surface area contributed by atoms with Crippen LogP contribution in [0.3, 0.4) is 0 Å². The number of ketones is 1. The van der Waals surface area contributed by atoms with E-state index in [0.717, 1.165) is 5.56 Å². The maximum Gasteiger partial charge on any atom is 0.303 e. The summed E-state index contributed by atoms with van der Waals surface area (Å²) in [6, 6.07) is 11.5. The van der Waals surface area contributed by atoms with Gasteiger partial charge in [0.2, 0.25) is 0 Å². The molecule has 172 valence electrons. The highest BCUT2D eigenvalue weighted by atomic mass is 16.6. The Morgan fingerprint density at radius 1 is 1.00 bits per heavy atom. The number of hydrogen-bond acceptors (Lipinski definition) is 6. The number of Topliss-reactive ketones (excluding diaryl/α,β-unsaturated/α-hetero) is 1. The molecule has 1 amide bonds. The molecule has 1 aliphatic rings. The number of rotatable bonds is 9. The summed E-state index contributed by atoms with van der Waals surface area (Å²) in [5, 5.41) is 30.7. The molecule has 1 saturated heterocycles. The second-order valence-electron chi connectivity index (χ2n) is 7.91. The number of aliphatic hydroxyl groups excluding tert-OH is 1. The second kappa shape index (κ2) is 10.1. The van der Waals surface area contributed by atoms with Crippen molar-refractivity contribution in [3.05, 3.63) is 80.9 Å².